The van der Waals surface area contributed by atoms with E-state index < -0.39 is 6.43 Å². The van der Waals surface area contributed by atoms with E-state index in [1.807, 2.05) is 27.7 Å². The summed E-state index contributed by atoms with van der Waals surface area (Å²) in [7, 11) is 0. The Morgan fingerprint density at radius 2 is 1.67 bits per heavy atom. The van der Waals surface area contributed by atoms with Crippen LogP contribution in [0.3, 0.4) is 0 Å². The fraction of sp³-hybridized carbons (Fsp3) is 0.500. The molecule has 1 aromatic carbocycles. The van der Waals surface area contributed by atoms with E-state index in [-0.39, 0.29) is 29.7 Å². The molecule has 0 radical (unpaired) electrons. The Morgan fingerprint density at radius 1 is 1.19 bits per heavy atom. The maximum atomic E-state index is 13.1. The lowest BCUT2D eigenvalue weighted by Crippen LogP contribution is -2.24. The molecule has 0 spiro atoms. The fourth-order valence-electron chi connectivity index (χ4n) is 2.39. The van der Waals surface area contributed by atoms with Crippen molar-refractivity contribution in [1.29, 1.82) is 5.41 Å². The zero-order chi connectivity index (χ0) is 16.2. The van der Waals surface area contributed by atoms with Gasteiger partial charge in [0.1, 0.15) is 0 Å². The quantitative estimate of drug-likeness (QED) is 0.601. The number of carbonyl (C=O) groups excluding carboxylic acids is 1. The lowest BCUT2D eigenvalue weighted by atomic mass is 9.85. The Labute approximate surface area is 124 Å². The third-order valence-corrected chi connectivity index (χ3v) is 3.41. The van der Waals surface area contributed by atoms with Crippen LogP contribution in [-0.4, -0.2) is 12.2 Å². The molecule has 1 amide bonds. The van der Waals surface area contributed by atoms with Gasteiger partial charge in [0.25, 0.3) is 6.43 Å². The van der Waals surface area contributed by atoms with Gasteiger partial charge in [0.2, 0.25) is 5.91 Å². The van der Waals surface area contributed by atoms with Crippen molar-refractivity contribution in [2.45, 2.75) is 52.4 Å². The van der Waals surface area contributed by atoms with Crippen LogP contribution in [0.25, 0.3) is 0 Å². The third-order valence-electron chi connectivity index (χ3n) is 3.41. The molecule has 0 heterocycles. The molecule has 0 saturated carbocycles. The summed E-state index contributed by atoms with van der Waals surface area (Å²) >= 11 is 0. The Balaban J connectivity index is 3.42. The Morgan fingerprint density at radius 3 is 2.00 bits per heavy atom. The predicted octanol–water partition coefficient (Wildman–Crippen LogP) is 4.14. The SMILES string of the molecule is CC(C)c1cc(C(F)F)cc(C(C)C)c1CC(=O)NC=N. The van der Waals surface area contributed by atoms with Gasteiger partial charge in [-0.3, -0.25) is 10.2 Å². The highest BCUT2D eigenvalue weighted by atomic mass is 19.3. The molecule has 5 heteroatoms. The average Bonchev–Trinajstić information content (AvgIpc) is 2.37. The van der Waals surface area contributed by atoms with Gasteiger partial charge < -0.3 is 5.32 Å². The third kappa shape index (κ3) is 4.34. The minimum atomic E-state index is -2.52. The van der Waals surface area contributed by atoms with Gasteiger partial charge in [-0.2, -0.15) is 0 Å². The first-order valence-electron chi connectivity index (χ1n) is 7.01. The number of alkyl halides is 2. The summed E-state index contributed by atoms with van der Waals surface area (Å²) in [5.41, 5.74) is 2.34. The number of carbonyl (C=O) groups is 1. The Kier molecular flexibility index (Phi) is 6.00. The molecule has 0 saturated heterocycles. The number of rotatable bonds is 6. The van der Waals surface area contributed by atoms with Crippen molar-refractivity contribution in [3.8, 4) is 0 Å². The summed E-state index contributed by atoms with van der Waals surface area (Å²) in [5, 5.41) is 9.23. The predicted molar refractivity (Wildman–Crippen MR) is 80.2 cm³/mol. The summed E-state index contributed by atoms with van der Waals surface area (Å²) in [6.45, 7) is 7.69. The van der Waals surface area contributed by atoms with E-state index in [0.717, 1.165) is 23.0 Å². The maximum Gasteiger partial charge on any atom is 0.263 e. The number of nitrogens with one attached hydrogen (secondary N) is 2. The standard InChI is InChI=1S/C16H22F2N2O/c1-9(2)12-5-11(16(17)18)6-13(10(3)4)14(12)7-15(21)20-8-19/h5-6,8-10,16H,7H2,1-4H3,(H2,19,20,21). The van der Waals surface area contributed by atoms with Crippen LogP contribution >= 0.6 is 0 Å². The van der Waals surface area contributed by atoms with E-state index in [1.165, 1.54) is 12.1 Å². The molecule has 21 heavy (non-hydrogen) atoms. The van der Waals surface area contributed by atoms with Crippen LogP contribution in [0.15, 0.2) is 12.1 Å². The van der Waals surface area contributed by atoms with E-state index >= 15 is 0 Å². The van der Waals surface area contributed by atoms with E-state index in [9.17, 15) is 13.6 Å². The second-order valence-corrected chi connectivity index (χ2v) is 5.68. The summed E-state index contributed by atoms with van der Waals surface area (Å²) in [6.07, 6.45) is -1.59. The van der Waals surface area contributed by atoms with Crippen molar-refractivity contribution in [1.82, 2.24) is 5.32 Å². The van der Waals surface area contributed by atoms with Crippen LogP contribution < -0.4 is 5.32 Å². The summed E-state index contributed by atoms with van der Waals surface area (Å²) in [5.74, 6) is -0.216. The van der Waals surface area contributed by atoms with Crippen LogP contribution in [0, 0.1) is 5.41 Å². The van der Waals surface area contributed by atoms with Crippen LogP contribution in [0.5, 0.6) is 0 Å². The lowest BCUT2D eigenvalue weighted by Gasteiger charge is -2.21. The molecule has 0 bridgehead atoms. The van der Waals surface area contributed by atoms with Gasteiger partial charge in [0.05, 0.1) is 12.8 Å². The van der Waals surface area contributed by atoms with Crippen molar-refractivity contribution >= 4 is 12.2 Å². The first-order valence-corrected chi connectivity index (χ1v) is 7.01. The van der Waals surface area contributed by atoms with Crippen molar-refractivity contribution in [3.63, 3.8) is 0 Å². The van der Waals surface area contributed by atoms with Crippen LogP contribution in [0.2, 0.25) is 0 Å². The number of halogens is 2. The molecular weight excluding hydrogens is 274 g/mol. The maximum absolute atomic E-state index is 13.1. The average molecular weight is 296 g/mol. The van der Waals surface area contributed by atoms with Gasteiger partial charge in [-0.25, -0.2) is 8.78 Å². The molecule has 0 atom stereocenters. The van der Waals surface area contributed by atoms with E-state index in [1.54, 1.807) is 0 Å². The normalized spacial score (nSPS) is 11.3. The molecule has 0 aliphatic heterocycles. The highest BCUT2D eigenvalue weighted by Gasteiger charge is 2.20. The number of amides is 1. The van der Waals surface area contributed by atoms with Gasteiger partial charge >= 0.3 is 0 Å². The van der Waals surface area contributed by atoms with E-state index in [4.69, 9.17) is 5.41 Å². The molecule has 0 fully saturated rings. The fourth-order valence-corrected chi connectivity index (χ4v) is 2.39. The summed E-state index contributed by atoms with van der Waals surface area (Å²) in [4.78, 5) is 11.8. The molecule has 1 aromatic rings. The van der Waals surface area contributed by atoms with E-state index in [0.29, 0.717) is 0 Å². The second-order valence-electron chi connectivity index (χ2n) is 5.68. The number of hydrogen-bond donors (Lipinski definition) is 2. The Bertz CT molecular complexity index is 496. The van der Waals surface area contributed by atoms with Gasteiger partial charge in [-0.15, -0.1) is 0 Å². The molecule has 0 aliphatic carbocycles. The summed E-state index contributed by atoms with van der Waals surface area (Å²) in [6, 6.07) is 2.99. The van der Waals surface area contributed by atoms with Gasteiger partial charge in [-0.05, 0) is 40.7 Å². The monoisotopic (exact) mass is 296 g/mol. The Hall–Kier alpha value is -1.78. The molecular formula is C16H22F2N2O. The first kappa shape index (κ1) is 17.3. The topological polar surface area (TPSA) is 53.0 Å². The zero-order valence-electron chi connectivity index (χ0n) is 12.8. The molecule has 0 aromatic heterocycles. The van der Waals surface area contributed by atoms with Gasteiger partial charge in [-0.1, -0.05) is 27.7 Å². The van der Waals surface area contributed by atoms with Gasteiger partial charge in [0.15, 0.2) is 0 Å². The molecule has 3 nitrogen and oxygen atoms in total. The van der Waals surface area contributed by atoms with Crippen molar-refractivity contribution in [2.75, 3.05) is 0 Å². The first-order chi connectivity index (χ1) is 9.77. The number of benzene rings is 1. The van der Waals surface area contributed by atoms with E-state index in [2.05, 4.69) is 5.32 Å². The van der Waals surface area contributed by atoms with Crippen molar-refractivity contribution in [2.24, 2.45) is 0 Å². The highest BCUT2D eigenvalue weighted by molar-refractivity contribution is 5.88. The smallest absolute Gasteiger partial charge is 0.263 e. The van der Waals surface area contributed by atoms with Crippen LogP contribution in [0.4, 0.5) is 8.78 Å². The molecule has 116 valence electrons. The molecule has 1 rings (SSSR count). The van der Waals surface area contributed by atoms with Gasteiger partial charge in [0, 0.05) is 5.56 Å². The zero-order valence-corrected chi connectivity index (χ0v) is 12.8. The lowest BCUT2D eigenvalue weighted by molar-refractivity contribution is -0.119. The number of hydrogen-bond acceptors (Lipinski definition) is 2. The summed E-state index contributed by atoms with van der Waals surface area (Å²) < 4.78 is 26.1. The molecule has 2 N–H and O–H groups in total. The largest absolute Gasteiger partial charge is 0.317 e. The minimum Gasteiger partial charge on any atom is -0.317 e. The van der Waals surface area contributed by atoms with Crippen molar-refractivity contribution in [3.05, 3.63) is 34.4 Å². The van der Waals surface area contributed by atoms with Crippen LogP contribution in [0.1, 0.15) is 68.2 Å². The molecule has 0 unspecified atom stereocenters. The minimum absolute atomic E-state index is 0.00129. The van der Waals surface area contributed by atoms with Crippen molar-refractivity contribution < 1.29 is 13.6 Å². The molecule has 0 aliphatic rings. The van der Waals surface area contributed by atoms with Crippen LogP contribution in [-0.2, 0) is 11.2 Å². The highest BCUT2D eigenvalue weighted by Crippen LogP contribution is 2.33. The second kappa shape index (κ2) is 7.29.